The molecule has 0 N–H and O–H groups in total. The van der Waals surface area contributed by atoms with Gasteiger partial charge in [0.2, 0.25) is 0 Å². The molecule has 22 heavy (non-hydrogen) atoms. The summed E-state index contributed by atoms with van der Waals surface area (Å²) >= 11 is 5.43. The van der Waals surface area contributed by atoms with Crippen molar-refractivity contribution in [2.45, 2.75) is 26.9 Å². The quantitative estimate of drug-likeness (QED) is 0.642. The van der Waals surface area contributed by atoms with Crippen molar-refractivity contribution in [2.24, 2.45) is 0 Å². The molecular weight excluding hydrogens is 294 g/mol. The Labute approximate surface area is 134 Å². The fourth-order valence-electron chi connectivity index (χ4n) is 2.39. The number of hydrogen-bond donors (Lipinski definition) is 0. The van der Waals surface area contributed by atoms with E-state index >= 15 is 0 Å². The van der Waals surface area contributed by atoms with Gasteiger partial charge in [0.25, 0.3) is 5.56 Å². The number of nitriles is 1. The number of hydrogen-bond acceptors (Lipinski definition) is 3. The lowest BCUT2D eigenvalue weighted by molar-refractivity contribution is 0.630. The van der Waals surface area contributed by atoms with E-state index in [1.165, 1.54) is 4.57 Å². The standard InChI is InChI=1S/C17H17N3OS/c1-4-10-20-15(13-8-6-12(3)7-9-13)14(11-18)16(21)19(5-2)17(20)22/h4,6-9H,1,5,10H2,2-3H3. The van der Waals surface area contributed by atoms with E-state index in [0.717, 1.165) is 11.1 Å². The molecule has 4 nitrogen and oxygen atoms in total. The van der Waals surface area contributed by atoms with Gasteiger partial charge in [-0.1, -0.05) is 35.9 Å². The molecule has 0 amide bonds. The van der Waals surface area contributed by atoms with E-state index in [2.05, 4.69) is 6.58 Å². The van der Waals surface area contributed by atoms with Crippen molar-refractivity contribution in [3.63, 3.8) is 0 Å². The summed E-state index contributed by atoms with van der Waals surface area (Å²) in [5.41, 5.74) is 2.24. The molecule has 0 radical (unpaired) electrons. The second kappa shape index (κ2) is 6.54. The first-order valence-corrected chi connectivity index (χ1v) is 7.41. The Balaban J connectivity index is 2.95. The second-order valence-electron chi connectivity index (χ2n) is 4.93. The summed E-state index contributed by atoms with van der Waals surface area (Å²) in [6.45, 7) is 8.43. The predicted molar refractivity (Wildman–Crippen MR) is 90.3 cm³/mol. The predicted octanol–water partition coefficient (Wildman–Crippen LogP) is 3.43. The van der Waals surface area contributed by atoms with Crippen LogP contribution in [0.15, 0.2) is 41.7 Å². The molecule has 0 aliphatic carbocycles. The van der Waals surface area contributed by atoms with Gasteiger partial charge >= 0.3 is 0 Å². The Morgan fingerprint density at radius 3 is 2.45 bits per heavy atom. The topological polar surface area (TPSA) is 50.7 Å². The smallest absolute Gasteiger partial charge is 0.272 e. The van der Waals surface area contributed by atoms with Crippen molar-refractivity contribution in [1.29, 1.82) is 5.26 Å². The Bertz CT molecular complexity index is 867. The lowest BCUT2D eigenvalue weighted by Gasteiger charge is -2.17. The minimum atomic E-state index is -0.342. The third kappa shape index (κ3) is 2.66. The van der Waals surface area contributed by atoms with Gasteiger partial charge in [-0.25, -0.2) is 0 Å². The van der Waals surface area contributed by atoms with Crippen molar-refractivity contribution in [1.82, 2.24) is 9.13 Å². The fourth-order valence-corrected chi connectivity index (χ4v) is 2.77. The van der Waals surface area contributed by atoms with Gasteiger partial charge in [0.1, 0.15) is 11.6 Å². The van der Waals surface area contributed by atoms with E-state index in [4.69, 9.17) is 12.2 Å². The molecule has 112 valence electrons. The first-order valence-electron chi connectivity index (χ1n) is 7.00. The molecule has 1 aromatic heterocycles. The van der Waals surface area contributed by atoms with Crippen molar-refractivity contribution in [3.8, 4) is 17.3 Å². The Morgan fingerprint density at radius 2 is 1.95 bits per heavy atom. The maximum atomic E-state index is 12.5. The summed E-state index contributed by atoms with van der Waals surface area (Å²) in [5, 5.41) is 9.48. The van der Waals surface area contributed by atoms with Crippen LogP contribution in [0, 0.1) is 23.0 Å². The molecule has 0 bridgehead atoms. The number of benzene rings is 1. The summed E-state index contributed by atoms with van der Waals surface area (Å²) < 4.78 is 3.63. The summed E-state index contributed by atoms with van der Waals surface area (Å²) in [5.74, 6) is 0. The zero-order valence-electron chi connectivity index (χ0n) is 12.7. The summed E-state index contributed by atoms with van der Waals surface area (Å²) in [6.07, 6.45) is 1.71. The van der Waals surface area contributed by atoms with E-state index in [-0.39, 0.29) is 11.1 Å². The molecule has 0 fully saturated rings. The highest BCUT2D eigenvalue weighted by Crippen LogP contribution is 2.23. The third-order valence-electron chi connectivity index (χ3n) is 3.49. The van der Waals surface area contributed by atoms with Crippen LogP contribution in [-0.2, 0) is 13.1 Å². The first kappa shape index (κ1) is 15.9. The summed E-state index contributed by atoms with van der Waals surface area (Å²) in [6, 6.07) is 9.73. The molecule has 0 atom stereocenters. The van der Waals surface area contributed by atoms with Gasteiger partial charge < -0.3 is 4.57 Å². The number of aromatic nitrogens is 2. The van der Waals surface area contributed by atoms with Crippen molar-refractivity contribution < 1.29 is 0 Å². The molecule has 5 heteroatoms. The van der Waals surface area contributed by atoms with Crippen molar-refractivity contribution in [3.05, 3.63) is 63.2 Å². The molecule has 0 aliphatic rings. The van der Waals surface area contributed by atoms with Gasteiger partial charge in [-0.15, -0.1) is 6.58 Å². The maximum absolute atomic E-state index is 12.5. The van der Waals surface area contributed by atoms with E-state index in [9.17, 15) is 10.1 Å². The Morgan fingerprint density at radius 1 is 1.32 bits per heavy atom. The molecule has 2 rings (SSSR count). The van der Waals surface area contributed by atoms with Crippen LogP contribution in [0.2, 0.25) is 0 Å². The summed E-state index contributed by atoms with van der Waals surface area (Å²) in [4.78, 5) is 12.5. The highest BCUT2D eigenvalue weighted by Gasteiger charge is 2.17. The third-order valence-corrected chi connectivity index (χ3v) is 3.93. The number of allylic oxidation sites excluding steroid dienone is 1. The molecule has 0 saturated heterocycles. The zero-order valence-corrected chi connectivity index (χ0v) is 13.5. The normalized spacial score (nSPS) is 10.2. The van der Waals surface area contributed by atoms with Gasteiger partial charge in [0, 0.05) is 13.1 Å². The van der Waals surface area contributed by atoms with Crippen LogP contribution in [0.5, 0.6) is 0 Å². The van der Waals surface area contributed by atoms with E-state index in [0.29, 0.717) is 23.6 Å². The number of nitrogens with zero attached hydrogens (tertiary/aromatic N) is 3. The lowest BCUT2D eigenvalue weighted by Crippen LogP contribution is -2.28. The van der Waals surface area contributed by atoms with E-state index in [1.807, 2.05) is 44.2 Å². The Hall–Kier alpha value is -2.45. The highest BCUT2D eigenvalue weighted by molar-refractivity contribution is 7.71. The van der Waals surface area contributed by atoms with Crippen LogP contribution in [0.3, 0.4) is 0 Å². The van der Waals surface area contributed by atoms with Gasteiger partial charge in [-0.05, 0) is 31.6 Å². The molecule has 0 aliphatic heterocycles. The van der Waals surface area contributed by atoms with Gasteiger partial charge in [-0.2, -0.15) is 5.26 Å². The zero-order chi connectivity index (χ0) is 16.3. The lowest BCUT2D eigenvalue weighted by atomic mass is 10.1. The maximum Gasteiger partial charge on any atom is 0.272 e. The minimum Gasteiger partial charge on any atom is -0.313 e. The van der Waals surface area contributed by atoms with Crippen LogP contribution in [0.1, 0.15) is 18.1 Å². The average Bonchev–Trinajstić information content (AvgIpc) is 2.51. The largest absolute Gasteiger partial charge is 0.313 e. The summed E-state index contributed by atoms with van der Waals surface area (Å²) in [7, 11) is 0. The second-order valence-corrected chi connectivity index (χ2v) is 5.30. The van der Waals surface area contributed by atoms with Crippen LogP contribution >= 0.6 is 12.2 Å². The molecule has 1 heterocycles. The fraction of sp³-hybridized carbons (Fsp3) is 0.235. The van der Waals surface area contributed by atoms with E-state index < -0.39 is 0 Å². The molecule has 2 aromatic rings. The number of aryl methyl sites for hydroxylation is 1. The van der Waals surface area contributed by atoms with Crippen LogP contribution in [0.25, 0.3) is 11.3 Å². The SMILES string of the molecule is C=CCn1c(-c2ccc(C)cc2)c(C#N)c(=O)n(CC)c1=S. The highest BCUT2D eigenvalue weighted by atomic mass is 32.1. The monoisotopic (exact) mass is 311 g/mol. The molecular formula is C17H17N3OS. The van der Waals surface area contributed by atoms with Crippen LogP contribution in [0.4, 0.5) is 0 Å². The van der Waals surface area contributed by atoms with Crippen LogP contribution < -0.4 is 5.56 Å². The average molecular weight is 311 g/mol. The van der Waals surface area contributed by atoms with Crippen molar-refractivity contribution in [2.75, 3.05) is 0 Å². The van der Waals surface area contributed by atoms with Gasteiger partial charge in [0.05, 0.1) is 5.69 Å². The van der Waals surface area contributed by atoms with Crippen LogP contribution in [-0.4, -0.2) is 9.13 Å². The Kier molecular flexibility index (Phi) is 4.74. The molecule has 0 spiro atoms. The first-order chi connectivity index (χ1) is 10.5. The van der Waals surface area contributed by atoms with Crippen molar-refractivity contribution >= 4 is 12.2 Å². The number of rotatable bonds is 4. The molecule has 1 aromatic carbocycles. The molecule has 0 saturated carbocycles. The van der Waals surface area contributed by atoms with E-state index in [1.54, 1.807) is 10.6 Å². The van der Waals surface area contributed by atoms with Gasteiger partial charge in [0.15, 0.2) is 4.77 Å². The van der Waals surface area contributed by atoms with Gasteiger partial charge in [-0.3, -0.25) is 9.36 Å². The molecule has 0 unspecified atom stereocenters. The minimum absolute atomic E-state index is 0.112.